The Morgan fingerprint density at radius 3 is 2.29 bits per heavy atom. The number of rotatable bonds is 3. The largest absolute Gasteiger partial charge is 0.118 e. The zero-order chi connectivity index (χ0) is 12.4. The molecule has 2 atom stereocenters. The van der Waals surface area contributed by atoms with Crippen LogP contribution in [0, 0.1) is 11.8 Å². The van der Waals surface area contributed by atoms with Crippen molar-refractivity contribution in [3.63, 3.8) is 0 Å². The maximum Gasteiger partial charge on any atom is 0.0613 e. The highest BCUT2D eigenvalue weighted by molar-refractivity contribution is 6.21. The summed E-state index contributed by atoms with van der Waals surface area (Å²) in [5, 5.41) is 0.155. The van der Waals surface area contributed by atoms with Crippen molar-refractivity contribution in [3.8, 4) is 0 Å². The van der Waals surface area contributed by atoms with Crippen molar-refractivity contribution in [2.24, 2.45) is 11.8 Å². The second-order valence-electron chi connectivity index (χ2n) is 5.74. The van der Waals surface area contributed by atoms with Gasteiger partial charge in [0.05, 0.1) is 5.38 Å². The van der Waals surface area contributed by atoms with E-state index in [-0.39, 0.29) is 5.38 Å². The Morgan fingerprint density at radius 1 is 1.00 bits per heavy atom. The van der Waals surface area contributed by atoms with Crippen molar-refractivity contribution in [1.82, 2.24) is 0 Å². The van der Waals surface area contributed by atoms with E-state index in [1.807, 2.05) is 0 Å². The van der Waals surface area contributed by atoms with Crippen molar-refractivity contribution in [3.05, 3.63) is 34.9 Å². The van der Waals surface area contributed by atoms with Crippen LogP contribution in [0.15, 0.2) is 18.2 Å². The molecule has 0 nitrogen and oxygen atoms in total. The molecule has 0 amide bonds. The molecule has 0 heterocycles. The number of aryl methyl sites for hydroxylation is 2. The first kappa shape index (κ1) is 13.0. The summed E-state index contributed by atoms with van der Waals surface area (Å²) in [7, 11) is 0. The normalized spacial score (nSPS) is 18.9. The molecule has 0 saturated carbocycles. The van der Waals surface area contributed by atoms with E-state index in [0.29, 0.717) is 11.8 Å². The van der Waals surface area contributed by atoms with E-state index in [4.69, 9.17) is 11.6 Å². The first-order chi connectivity index (χ1) is 8.09. The Bertz CT molecular complexity index is 381. The molecule has 1 heteroatoms. The summed E-state index contributed by atoms with van der Waals surface area (Å²) in [4.78, 5) is 0. The third-order valence-electron chi connectivity index (χ3n) is 4.20. The second-order valence-corrected chi connectivity index (χ2v) is 6.21. The Labute approximate surface area is 110 Å². The summed E-state index contributed by atoms with van der Waals surface area (Å²) in [6.07, 6.45) is 5.17. The van der Waals surface area contributed by atoms with Gasteiger partial charge in [0.2, 0.25) is 0 Å². The van der Waals surface area contributed by atoms with Gasteiger partial charge in [0.15, 0.2) is 0 Å². The van der Waals surface area contributed by atoms with Gasteiger partial charge in [-0.2, -0.15) is 0 Å². The van der Waals surface area contributed by atoms with Crippen molar-refractivity contribution >= 4 is 11.6 Å². The van der Waals surface area contributed by atoms with Crippen molar-refractivity contribution in [2.75, 3.05) is 0 Å². The predicted molar refractivity (Wildman–Crippen MR) is 75.7 cm³/mol. The van der Waals surface area contributed by atoms with Crippen LogP contribution in [-0.2, 0) is 12.8 Å². The van der Waals surface area contributed by atoms with Gasteiger partial charge >= 0.3 is 0 Å². The SMILES string of the molecule is CC(C)C(C)C(Cl)c1ccc2c(c1)CCCC2. The van der Waals surface area contributed by atoms with Crippen LogP contribution in [0.1, 0.15) is 55.7 Å². The average molecular weight is 251 g/mol. The Morgan fingerprint density at radius 2 is 1.65 bits per heavy atom. The summed E-state index contributed by atoms with van der Waals surface area (Å²) >= 11 is 6.59. The quantitative estimate of drug-likeness (QED) is 0.652. The fraction of sp³-hybridized carbons (Fsp3) is 0.625. The zero-order valence-electron chi connectivity index (χ0n) is 11.2. The fourth-order valence-electron chi connectivity index (χ4n) is 2.57. The standard InChI is InChI=1S/C16H23Cl/c1-11(2)12(3)16(17)15-9-8-13-6-4-5-7-14(13)10-15/h8-12,16H,4-7H2,1-3H3. The molecular formula is C16H23Cl. The van der Waals surface area contributed by atoms with Crippen LogP contribution in [0.4, 0.5) is 0 Å². The second kappa shape index (κ2) is 5.44. The summed E-state index contributed by atoms with van der Waals surface area (Å²) in [6, 6.07) is 6.89. The lowest BCUT2D eigenvalue weighted by molar-refractivity contribution is 0.406. The van der Waals surface area contributed by atoms with Gasteiger partial charge in [0, 0.05) is 0 Å². The van der Waals surface area contributed by atoms with Crippen LogP contribution < -0.4 is 0 Å². The average Bonchev–Trinajstić information content (AvgIpc) is 2.36. The molecule has 2 rings (SSSR count). The molecule has 1 aromatic rings. The molecule has 0 aliphatic heterocycles. The topological polar surface area (TPSA) is 0 Å². The summed E-state index contributed by atoms with van der Waals surface area (Å²) in [6.45, 7) is 6.75. The van der Waals surface area contributed by atoms with E-state index in [1.54, 1.807) is 5.56 Å². The molecule has 1 aliphatic carbocycles. The molecule has 0 spiro atoms. The molecule has 0 radical (unpaired) electrons. The molecule has 1 aromatic carbocycles. The van der Waals surface area contributed by atoms with Gasteiger partial charge in [-0.15, -0.1) is 11.6 Å². The maximum absolute atomic E-state index is 6.59. The lowest BCUT2D eigenvalue weighted by atomic mass is 9.86. The van der Waals surface area contributed by atoms with Crippen molar-refractivity contribution in [2.45, 2.75) is 51.8 Å². The van der Waals surface area contributed by atoms with Gasteiger partial charge in [-0.1, -0.05) is 39.0 Å². The number of hydrogen-bond donors (Lipinski definition) is 0. The van der Waals surface area contributed by atoms with E-state index in [1.165, 1.54) is 36.8 Å². The number of halogens is 1. The van der Waals surface area contributed by atoms with E-state index in [9.17, 15) is 0 Å². The first-order valence-corrected chi connectivity index (χ1v) is 7.29. The minimum atomic E-state index is 0.155. The molecule has 0 N–H and O–H groups in total. The van der Waals surface area contributed by atoms with E-state index in [0.717, 1.165) is 0 Å². The fourth-order valence-corrected chi connectivity index (χ4v) is 2.99. The van der Waals surface area contributed by atoms with Crippen molar-refractivity contribution in [1.29, 1.82) is 0 Å². The van der Waals surface area contributed by atoms with Crippen molar-refractivity contribution < 1.29 is 0 Å². The number of hydrogen-bond acceptors (Lipinski definition) is 0. The van der Waals surface area contributed by atoms with Crippen LogP contribution in [0.3, 0.4) is 0 Å². The predicted octanol–water partition coefficient (Wildman–Crippen LogP) is 5.14. The molecular weight excluding hydrogens is 228 g/mol. The van der Waals surface area contributed by atoms with Crippen LogP contribution >= 0.6 is 11.6 Å². The molecule has 1 aliphatic rings. The molecule has 2 unspecified atom stereocenters. The zero-order valence-corrected chi connectivity index (χ0v) is 11.9. The molecule has 94 valence electrons. The molecule has 0 aromatic heterocycles. The van der Waals surface area contributed by atoms with Crippen LogP contribution in [0.25, 0.3) is 0 Å². The third kappa shape index (κ3) is 2.85. The smallest absolute Gasteiger partial charge is 0.0613 e. The maximum atomic E-state index is 6.59. The number of benzene rings is 1. The van der Waals surface area contributed by atoms with Crippen LogP contribution in [0.5, 0.6) is 0 Å². The number of alkyl halides is 1. The van der Waals surface area contributed by atoms with Gasteiger partial charge in [0.1, 0.15) is 0 Å². The molecule has 0 bridgehead atoms. The van der Waals surface area contributed by atoms with Gasteiger partial charge < -0.3 is 0 Å². The van der Waals surface area contributed by atoms with Gasteiger partial charge in [-0.3, -0.25) is 0 Å². The highest BCUT2D eigenvalue weighted by Crippen LogP contribution is 2.35. The first-order valence-electron chi connectivity index (χ1n) is 6.85. The lowest BCUT2D eigenvalue weighted by Crippen LogP contribution is -2.12. The molecule has 17 heavy (non-hydrogen) atoms. The van der Waals surface area contributed by atoms with Gasteiger partial charge in [-0.05, 0) is 54.2 Å². The Hall–Kier alpha value is -0.490. The lowest BCUT2D eigenvalue weighted by Gasteiger charge is -2.24. The van der Waals surface area contributed by atoms with Crippen LogP contribution in [-0.4, -0.2) is 0 Å². The van der Waals surface area contributed by atoms with Gasteiger partial charge in [0.25, 0.3) is 0 Å². The molecule has 0 saturated heterocycles. The van der Waals surface area contributed by atoms with E-state index in [2.05, 4.69) is 39.0 Å². The van der Waals surface area contributed by atoms with Gasteiger partial charge in [-0.25, -0.2) is 0 Å². The minimum absolute atomic E-state index is 0.155. The van der Waals surface area contributed by atoms with Crippen LogP contribution in [0.2, 0.25) is 0 Å². The highest BCUT2D eigenvalue weighted by Gasteiger charge is 2.21. The van der Waals surface area contributed by atoms with E-state index >= 15 is 0 Å². The Balaban J connectivity index is 2.21. The minimum Gasteiger partial charge on any atom is -0.118 e. The monoisotopic (exact) mass is 250 g/mol. The Kier molecular flexibility index (Phi) is 4.14. The highest BCUT2D eigenvalue weighted by atomic mass is 35.5. The molecule has 0 fully saturated rings. The third-order valence-corrected chi connectivity index (χ3v) is 4.85. The number of fused-ring (bicyclic) bond motifs is 1. The van der Waals surface area contributed by atoms with E-state index < -0.39 is 0 Å². The summed E-state index contributed by atoms with van der Waals surface area (Å²) < 4.78 is 0. The summed E-state index contributed by atoms with van der Waals surface area (Å²) in [5.74, 6) is 1.16. The summed E-state index contributed by atoms with van der Waals surface area (Å²) in [5.41, 5.74) is 4.39.